The van der Waals surface area contributed by atoms with E-state index in [1.165, 1.54) is 6.42 Å². The van der Waals surface area contributed by atoms with Crippen LogP contribution in [0.2, 0.25) is 0 Å². The Morgan fingerprint density at radius 2 is 2.33 bits per heavy atom. The molecule has 1 rings (SSSR count). The number of carbonyl (C=O) groups is 1. The van der Waals surface area contributed by atoms with Crippen molar-refractivity contribution < 1.29 is 9.63 Å². The first-order chi connectivity index (χ1) is 7.29. The van der Waals surface area contributed by atoms with Gasteiger partial charge in [0, 0.05) is 19.0 Å². The summed E-state index contributed by atoms with van der Waals surface area (Å²) >= 11 is 0. The third kappa shape index (κ3) is 3.80. The Morgan fingerprint density at radius 1 is 1.53 bits per heavy atom. The monoisotopic (exact) mass is 214 g/mol. The van der Waals surface area contributed by atoms with E-state index in [9.17, 15) is 4.79 Å². The van der Waals surface area contributed by atoms with Crippen LogP contribution in [0.1, 0.15) is 45.4 Å². The molecular formula is C11H22N2O2. The SMILES string of the molecule is CCCC(=O)N1CCCCC1CCON. The van der Waals surface area contributed by atoms with Crippen molar-refractivity contribution in [3.05, 3.63) is 0 Å². The average Bonchev–Trinajstić information content (AvgIpc) is 2.27. The van der Waals surface area contributed by atoms with Crippen molar-refractivity contribution in [2.45, 2.75) is 51.5 Å². The normalized spacial score (nSPS) is 21.7. The molecule has 1 aliphatic heterocycles. The van der Waals surface area contributed by atoms with Crippen molar-refractivity contribution in [1.29, 1.82) is 0 Å². The van der Waals surface area contributed by atoms with E-state index in [1.807, 2.05) is 11.8 Å². The first-order valence-electron chi connectivity index (χ1n) is 5.90. The van der Waals surface area contributed by atoms with Crippen LogP contribution in [0.4, 0.5) is 0 Å². The van der Waals surface area contributed by atoms with Crippen molar-refractivity contribution in [1.82, 2.24) is 4.90 Å². The molecular weight excluding hydrogens is 192 g/mol. The molecule has 0 aromatic carbocycles. The van der Waals surface area contributed by atoms with Crippen molar-refractivity contribution in [3.8, 4) is 0 Å². The molecule has 0 aromatic heterocycles. The molecule has 1 fully saturated rings. The van der Waals surface area contributed by atoms with Crippen LogP contribution < -0.4 is 5.90 Å². The molecule has 2 N–H and O–H groups in total. The van der Waals surface area contributed by atoms with Gasteiger partial charge in [-0.15, -0.1) is 0 Å². The second-order valence-electron chi connectivity index (χ2n) is 4.15. The second kappa shape index (κ2) is 6.80. The van der Waals surface area contributed by atoms with Crippen LogP contribution >= 0.6 is 0 Å². The van der Waals surface area contributed by atoms with Gasteiger partial charge in [-0.25, -0.2) is 5.90 Å². The lowest BCUT2D eigenvalue weighted by molar-refractivity contribution is -0.135. The van der Waals surface area contributed by atoms with E-state index >= 15 is 0 Å². The topological polar surface area (TPSA) is 55.6 Å². The van der Waals surface area contributed by atoms with Gasteiger partial charge in [-0.1, -0.05) is 6.92 Å². The third-order valence-electron chi connectivity index (χ3n) is 2.98. The van der Waals surface area contributed by atoms with Crippen LogP contribution in [0.15, 0.2) is 0 Å². The highest BCUT2D eigenvalue weighted by Crippen LogP contribution is 2.20. The predicted octanol–water partition coefficient (Wildman–Crippen LogP) is 1.45. The summed E-state index contributed by atoms with van der Waals surface area (Å²) < 4.78 is 0. The van der Waals surface area contributed by atoms with Crippen molar-refractivity contribution in [2.24, 2.45) is 5.90 Å². The van der Waals surface area contributed by atoms with E-state index in [0.29, 0.717) is 25.0 Å². The number of rotatable bonds is 5. The van der Waals surface area contributed by atoms with Gasteiger partial charge in [-0.05, 0) is 32.1 Å². The predicted molar refractivity (Wildman–Crippen MR) is 59.0 cm³/mol. The van der Waals surface area contributed by atoms with Gasteiger partial charge in [0.1, 0.15) is 0 Å². The van der Waals surface area contributed by atoms with Gasteiger partial charge < -0.3 is 9.74 Å². The number of piperidine rings is 1. The molecule has 1 heterocycles. The molecule has 1 atom stereocenters. The number of amides is 1. The number of nitrogens with zero attached hydrogens (tertiary/aromatic N) is 1. The molecule has 15 heavy (non-hydrogen) atoms. The van der Waals surface area contributed by atoms with Crippen LogP contribution in [0.3, 0.4) is 0 Å². The maximum atomic E-state index is 11.8. The fourth-order valence-corrected chi connectivity index (χ4v) is 2.19. The lowest BCUT2D eigenvalue weighted by Crippen LogP contribution is -2.44. The van der Waals surface area contributed by atoms with E-state index in [4.69, 9.17) is 5.90 Å². The highest BCUT2D eigenvalue weighted by atomic mass is 16.6. The summed E-state index contributed by atoms with van der Waals surface area (Å²) in [6, 6.07) is 0.348. The maximum Gasteiger partial charge on any atom is 0.222 e. The summed E-state index contributed by atoms with van der Waals surface area (Å²) in [5, 5.41) is 0. The van der Waals surface area contributed by atoms with Gasteiger partial charge in [-0.2, -0.15) is 0 Å². The minimum absolute atomic E-state index is 0.291. The summed E-state index contributed by atoms with van der Waals surface area (Å²) in [5.41, 5.74) is 0. The van der Waals surface area contributed by atoms with E-state index in [-0.39, 0.29) is 0 Å². The molecule has 4 nitrogen and oxygen atoms in total. The molecule has 0 bridgehead atoms. The minimum Gasteiger partial charge on any atom is -0.340 e. The molecule has 4 heteroatoms. The van der Waals surface area contributed by atoms with Crippen LogP contribution in [0.5, 0.6) is 0 Å². The molecule has 0 aliphatic carbocycles. The largest absolute Gasteiger partial charge is 0.340 e. The molecule has 1 aliphatic rings. The lowest BCUT2D eigenvalue weighted by Gasteiger charge is -2.35. The van der Waals surface area contributed by atoms with Gasteiger partial charge >= 0.3 is 0 Å². The first kappa shape index (κ1) is 12.5. The van der Waals surface area contributed by atoms with Crippen LogP contribution in [-0.2, 0) is 9.63 Å². The Kier molecular flexibility index (Phi) is 5.65. The highest BCUT2D eigenvalue weighted by molar-refractivity contribution is 5.76. The fraction of sp³-hybridized carbons (Fsp3) is 0.909. The average molecular weight is 214 g/mol. The van der Waals surface area contributed by atoms with E-state index in [1.54, 1.807) is 0 Å². The van der Waals surface area contributed by atoms with Crippen LogP contribution in [0.25, 0.3) is 0 Å². The molecule has 88 valence electrons. The van der Waals surface area contributed by atoms with E-state index in [2.05, 4.69) is 4.84 Å². The second-order valence-corrected chi connectivity index (χ2v) is 4.15. The Bertz CT molecular complexity index is 197. The number of likely N-dealkylation sites (tertiary alicyclic amines) is 1. The number of nitrogens with two attached hydrogens (primary N) is 1. The summed E-state index contributed by atoms with van der Waals surface area (Å²) in [6.45, 7) is 3.49. The zero-order chi connectivity index (χ0) is 11.1. The van der Waals surface area contributed by atoms with E-state index in [0.717, 1.165) is 32.2 Å². The zero-order valence-corrected chi connectivity index (χ0v) is 9.58. The summed E-state index contributed by atoms with van der Waals surface area (Å²) in [6.07, 6.45) is 5.90. The van der Waals surface area contributed by atoms with Crippen molar-refractivity contribution in [3.63, 3.8) is 0 Å². The van der Waals surface area contributed by atoms with Crippen molar-refractivity contribution in [2.75, 3.05) is 13.2 Å². The maximum absolute atomic E-state index is 11.8. The van der Waals surface area contributed by atoms with Crippen LogP contribution in [0, 0.1) is 0 Å². The minimum atomic E-state index is 0.291. The van der Waals surface area contributed by atoms with Gasteiger partial charge in [0.25, 0.3) is 0 Å². The number of carbonyl (C=O) groups excluding carboxylic acids is 1. The Morgan fingerprint density at radius 3 is 3.00 bits per heavy atom. The molecule has 1 amide bonds. The van der Waals surface area contributed by atoms with Crippen molar-refractivity contribution >= 4 is 5.91 Å². The fourth-order valence-electron chi connectivity index (χ4n) is 2.19. The molecule has 1 saturated heterocycles. The molecule has 0 radical (unpaired) electrons. The molecule has 0 spiro atoms. The van der Waals surface area contributed by atoms with Gasteiger partial charge in [0.2, 0.25) is 5.91 Å². The quantitative estimate of drug-likeness (QED) is 0.705. The van der Waals surface area contributed by atoms with Gasteiger partial charge in [-0.3, -0.25) is 4.79 Å². The lowest BCUT2D eigenvalue weighted by atomic mass is 9.99. The smallest absolute Gasteiger partial charge is 0.222 e. The van der Waals surface area contributed by atoms with E-state index < -0.39 is 0 Å². The standard InChI is InChI=1S/C11H22N2O2/c1-2-5-11(14)13-8-4-3-6-10(13)7-9-15-12/h10H,2-9,12H2,1H3. The summed E-state index contributed by atoms with van der Waals surface area (Å²) in [7, 11) is 0. The summed E-state index contributed by atoms with van der Waals surface area (Å²) in [4.78, 5) is 18.4. The number of hydrogen-bond acceptors (Lipinski definition) is 3. The summed E-state index contributed by atoms with van der Waals surface area (Å²) in [5.74, 6) is 5.31. The molecule has 1 unspecified atom stereocenters. The molecule has 0 saturated carbocycles. The molecule has 0 aromatic rings. The zero-order valence-electron chi connectivity index (χ0n) is 9.58. The number of hydrogen-bond donors (Lipinski definition) is 1. The van der Waals surface area contributed by atoms with Gasteiger partial charge in [0.15, 0.2) is 0 Å². The first-order valence-corrected chi connectivity index (χ1v) is 5.90. The highest BCUT2D eigenvalue weighted by Gasteiger charge is 2.25. The van der Waals surface area contributed by atoms with Crippen LogP contribution in [-0.4, -0.2) is 30.0 Å². The Labute approximate surface area is 91.7 Å². The van der Waals surface area contributed by atoms with Gasteiger partial charge in [0.05, 0.1) is 6.61 Å². The third-order valence-corrected chi connectivity index (χ3v) is 2.98. The Balaban J connectivity index is 2.45. The Hall–Kier alpha value is -0.610.